The number of carbonyl (C=O) groups is 1. The number of carbonyl (C=O) groups excluding carboxylic acids is 1. The number of hydrogen-bond acceptors (Lipinski definition) is 5. The molecule has 1 aliphatic carbocycles. The van der Waals surface area contributed by atoms with Crippen molar-refractivity contribution in [3.8, 4) is 5.75 Å². The molecule has 1 saturated carbocycles. The van der Waals surface area contributed by atoms with Gasteiger partial charge in [-0.1, -0.05) is 18.2 Å². The largest absolute Gasteiger partial charge is 0.506 e. The molecule has 1 aliphatic heterocycles. The molecule has 1 saturated heterocycles. The van der Waals surface area contributed by atoms with Crippen LogP contribution in [0, 0.1) is 11.8 Å². The Morgan fingerprint density at radius 1 is 1.03 bits per heavy atom. The lowest BCUT2D eigenvalue weighted by molar-refractivity contribution is 0.0374. The number of hydrogen-bond donors (Lipinski definition) is 2. The number of fused-ring (bicyclic) bond motifs is 3. The smallest absolute Gasteiger partial charge is 0.257 e. The van der Waals surface area contributed by atoms with Gasteiger partial charge in [0, 0.05) is 36.3 Å². The summed E-state index contributed by atoms with van der Waals surface area (Å²) in [6, 6.07) is 13.1. The molecule has 4 atom stereocenters. The van der Waals surface area contributed by atoms with Gasteiger partial charge in [0.05, 0.1) is 35.1 Å². The molecule has 6 rings (SSSR count). The highest BCUT2D eigenvalue weighted by atomic mass is 16.3. The average Bonchev–Trinajstić information content (AvgIpc) is 3.42. The van der Waals surface area contributed by atoms with Crippen molar-refractivity contribution >= 4 is 27.7 Å². The van der Waals surface area contributed by atoms with Crippen molar-refractivity contribution in [3.05, 3.63) is 66.7 Å². The number of rotatable bonds is 2. The number of amides is 1. The number of phenolic OH excluding ortho intramolecular Hbond substituents is 1. The van der Waals surface area contributed by atoms with Crippen LogP contribution < -0.4 is 0 Å². The first-order valence-corrected chi connectivity index (χ1v) is 11.0. The number of aliphatic hydroxyl groups excluding tert-OH is 1. The molecule has 2 N–H and O–H groups in total. The molecule has 0 radical (unpaired) electrons. The van der Waals surface area contributed by atoms with Crippen LogP contribution in [0.4, 0.5) is 0 Å². The second-order valence-electron chi connectivity index (χ2n) is 9.04. The number of benzene rings is 2. The van der Waals surface area contributed by atoms with E-state index >= 15 is 0 Å². The molecular formula is C25H24N4O3. The standard InChI is InChI=1S/C25H24N4O3/c30-23-10-17-13-28(25(32)19-6-5-15-11-26-8-7-18(15)24(19)31)12-16(17)9-22(23)29-14-27-20-3-1-2-4-21(20)29/h1-8,11,14,16-17,22-23,30-31H,9-10,12-13H2/t16-,17+,22-,23-/m1/s1. The normalized spacial score (nSPS) is 25.3. The number of aliphatic hydroxyl groups is 1. The lowest BCUT2D eigenvalue weighted by Crippen LogP contribution is -2.36. The van der Waals surface area contributed by atoms with E-state index in [2.05, 4.69) is 14.5 Å². The average molecular weight is 428 g/mol. The quantitative estimate of drug-likeness (QED) is 0.511. The van der Waals surface area contributed by atoms with Crippen LogP contribution in [0.3, 0.4) is 0 Å². The highest BCUT2D eigenvalue weighted by molar-refractivity contribution is 6.03. The Morgan fingerprint density at radius 2 is 1.84 bits per heavy atom. The summed E-state index contributed by atoms with van der Waals surface area (Å²) in [7, 11) is 0. The van der Waals surface area contributed by atoms with Crippen molar-refractivity contribution in [1.29, 1.82) is 0 Å². The van der Waals surface area contributed by atoms with E-state index in [0.29, 0.717) is 36.4 Å². The van der Waals surface area contributed by atoms with Crippen LogP contribution in [-0.2, 0) is 0 Å². The van der Waals surface area contributed by atoms with E-state index in [4.69, 9.17) is 0 Å². The second-order valence-corrected chi connectivity index (χ2v) is 9.04. The van der Waals surface area contributed by atoms with Crippen LogP contribution in [0.25, 0.3) is 21.8 Å². The van der Waals surface area contributed by atoms with Crippen molar-refractivity contribution < 1.29 is 15.0 Å². The molecule has 3 heterocycles. The van der Waals surface area contributed by atoms with Crippen LogP contribution in [0.1, 0.15) is 29.2 Å². The van der Waals surface area contributed by atoms with Crippen molar-refractivity contribution in [2.45, 2.75) is 25.0 Å². The van der Waals surface area contributed by atoms with E-state index in [9.17, 15) is 15.0 Å². The third kappa shape index (κ3) is 2.96. The predicted molar refractivity (Wildman–Crippen MR) is 120 cm³/mol. The molecular weight excluding hydrogens is 404 g/mol. The van der Waals surface area contributed by atoms with Gasteiger partial charge in [0.2, 0.25) is 0 Å². The maximum atomic E-state index is 13.3. The zero-order chi connectivity index (χ0) is 21.8. The molecule has 0 spiro atoms. The van der Waals surface area contributed by atoms with Crippen LogP contribution in [-0.4, -0.2) is 54.7 Å². The molecule has 32 heavy (non-hydrogen) atoms. The zero-order valence-corrected chi connectivity index (χ0v) is 17.5. The molecule has 7 nitrogen and oxygen atoms in total. The minimum absolute atomic E-state index is 0.00701. The van der Waals surface area contributed by atoms with Gasteiger partial charge in [-0.05, 0) is 48.9 Å². The van der Waals surface area contributed by atoms with E-state index in [1.807, 2.05) is 41.6 Å². The lowest BCUT2D eigenvalue weighted by Gasteiger charge is -2.36. The Labute approximate surface area is 184 Å². The lowest BCUT2D eigenvalue weighted by atomic mass is 9.77. The Kier molecular flexibility index (Phi) is 4.40. The van der Waals surface area contributed by atoms with E-state index in [1.165, 1.54) is 0 Å². The molecule has 4 aromatic rings. The first-order valence-electron chi connectivity index (χ1n) is 11.0. The summed E-state index contributed by atoms with van der Waals surface area (Å²) in [4.78, 5) is 23.7. The molecule has 7 heteroatoms. The third-order valence-electron chi connectivity index (χ3n) is 7.26. The van der Waals surface area contributed by atoms with Gasteiger partial charge in [-0.15, -0.1) is 0 Å². The third-order valence-corrected chi connectivity index (χ3v) is 7.26. The number of phenols is 1. The van der Waals surface area contributed by atoms with Gasteiger partial charge in [0.25, 0.3) is 5.91 Å². The van der Waals surface area contributed by atoms with Gasteiger partial charge < -0.3 is 19.7 Å². The van der Waals surface area contributed by atoms with Gasteiger partial charge >= 0.3 is 0 Å². The molecule has 162 valence electrons. The summed E-state index contributed by atoms with van der Waals surface area (Å²) in [5, 5.41) is 23.1. The van der Waals surface area contributed by atoms with Crippen LogP contribution in [0.15, 0.2) is 61.2 Å². The summed E-state index contributed by atoms with van der Waals surface area (Å²) >= 11 is 0. The minimum Gasteiger partial charge on any atom is -0.506 e. The predicted octanol–water partition coefficient (Wildman–Crippen LogP) is 3.37. The van der Waals surface area contributed by atoms with Gasteiger partial charge in [0.1, 0.15) is 5.75 Å². The fourth-order valence-corrected chi connectivity index (χ4v) is 5.61. The van der Waals surface area contributed by atoms with Crippen molar-refractivity contribution in [2.24, 2.45) is 11.8 Å². The summed E-state index contributed by atoms with van der Waals surface area (Å²) in [5.74, 6) is 0.411. The monoisotopic (exact) mass is 428 g/mol. The highest BCUT2D eigenvalue weighted by Crippen LogP contribution is 2.43. The number of para-hydroxylation sites is 2. The number of aromatic hydroxyl groups is 1. The maximum absolute atomic E-state index is 13.3. The van der Waals surface area contributed by atoms with Crippen molar-refractivity contribution in [1.82, 2.24) is 19.4 Å². The van der Waals surface area contributed by atoms with Gasteiger partial charge in [0.15, 0.2) is 0 Å². The van der Waals surface area contributed by atoms with E-state index in [-0.39, 0.29) is 23.6 Å². The molecule has 0 bridgehead atoms. The SMILES string of the molecule is O=C(c1ccc2cnccc2c1O)N1C[C@H]2C[C@@H](n3cnc4ccccc43)[C@H](O)C[C@H]2C1. The van der Waals surface area contributed by atoms with Gasteiger partial charge in [-0.25, -0.2) is 4.98 Å². The molecule has 2 fully saturated rings. The number of nitrogens with zero attached hydrogens (tertiary/aromatic N) is 4. The summed E-state index contributed by atoms with van der Waals surface area (Å²) in [6.45, 7) is 1.24. The zero-order valence-electron chi connectivity index (χ0n) is 17.5. The topological polar surface area (TPSA) is 91.5 Å². The number of aromatic nitrogens is 3. The Balaban J connectivity index is 1.25. The summed E-state index contributed by atoms with van der Waals surface area (Å²) < 4.78 is 2.09. The van der Waals surface area contributed by atoms with E-state index in [1.54, 1.807) is 24.5 Å². The summed E-state index contributed by atoms with van der Waals surface area (Å²) in [6.07, 6.45) is 6.08. The van der Waals surface area contributed by atoms with Crippen molar-refractivity contribution in [3.63, 3.8) is 0 Å². The summed E-state index contributed by atoms with van der Waals surface area (Å²) in [5.41, 5.74) is 2.27. The maximum Gasteiger partial charge on any atom is 0.257 e. The Morgan fingerprint density at radius 3 is 2.72 bits per heavy atom. The molecule has 1 amide bonds. The molecule has 2 aromatic heterocycles. The van der Waals surface area contributed by atoms with Gasteiger partial charge in [-0.2, -0.15) is 0 Å². The van der Waals surface area contributed by atoms with E-state index < -0.39 is 6.10 Å². The second kappa shape index (κ2) is 7.31. The van der Waals surface area contributed by atoms with Crippen molar-refractivity contribution in [2.75, 3.05) is 13.1 Å². The minimum atomic E-state index is -0.481. The molecule has 0 unspecified atom stereocenters. The first kappa shape index (κ1) is 19.3. The van der Waals surface area contributed by atoms with Gasteiger partial charge in [-0.3, -0.25) is 9.78 Å². The molecule has 2 aliphatic rings. The fourth-order valence-electron chi connectivity index (χ4n) is 5.61. The molecule has 2 aromatic carbocycles. The fraction of sp³-hybridized carbons (Fsp3) is 0.320. The number of likely N-dealkylation sites (tertiary alicyclic amines) is 1. The number of imidazole rings is 1. The van der Waals surface area contributed by atoms with E-state index in [0.717, 1.165) is 22.8 Å². The first-order chi connectivity index (χ1) is 15.6. The van der Waals surface area contributed by atoms with Crippen LogP contribution in [0.5, 0.6) is 5.75 Å². The van der Waals surface area contributed by atoms with Crippen LogP contribution >= 0.6 is 0 Å². The highest BCUT2D eigenvalue weighted by Gasteiger charge is 2.44. The van der Waals surface area contributed by atoms with Crippen LogP contribution in [0.2, 0.25) is 0 Å². The number of pyridine rings is 1. The Bertz CT molecular complexity index is 1330. The Hall–Kier alpha value is -3.45.